The molecule has 82 valence electrons. The number of rotatable bonds is 5. The number of carbonyl (C=O) groups is 1. The summed E-state index contributed by atoms with van der Waals surface area (Å²) in [7, 11) is 0. The Bertz CT molecular complexity index is 318. The van der Waals surface area contributed by atoms with Gasteiger partial charge in [0, 0.05) is 6.42 Å². The lowest BCUT2D eigenvalue weighted by Gasteiger charge is -2.25. The fourth-order valence-electron chi connectivity index (χ4n) is 1.67. The number of aldehydes is 1. The fourth-order valence-corrected chi connectivity index (χ4v) is 1.90. The van der Waals surface area contributed by atoms with Gasteiger partial charge in [0.15, 0.2) is 0 Å². The molecular formula is C13H17ClO. The standard InChI is InChI=1S/C13H17ClO/c1-3-13(14,9-4-10-15)12-7-5-11(2)6-8-12/h5-8,10H,3-4,9H2,1-2H3. The zero-order chi connectivity index (χ0) is 11.3. The molecule has 1 unspecified atom stereocenters. The van der Waals surface area contributed by atoms with Crippen molar-refractivity contribution >= 4 is 17.9 Å². The zero-order valence-electron chi connectivity index (χ0n) is 9.29. The molecule has 2 heteroatoms. The molecule has 0 heterocycles. The van der Waals surface area contributed by atoms with Crippen molar-refractivity contribution < 1.29 is 4.79 Å². The predicted molar refractivity (Wildman–Crippen MR) is 64.3 cm³/mol. The summed E-state index contributed by atoms with van der Waals surface area (Å²) in [5.74, 6) is 0. The van der Waals surface area contributed by atoms with Crippen LogP contribution in [0.15, 0.2) is 24.3 Å². The fraction of sp³-hybridized carbons (Fsp3) is 0.462. The maximum absolute atomic E-state index is 10.4. The molecule has 1 atom stereocenters. The molecule has 1 nitrogen and oxygen atoms in total. The number of carbonyl (C=O) groups excluding carboxylic acids is 1. The van der Waals surface area contributed by atoms with E-state index >= 15 is 0 Å². The Labute approximate surface area is 96.5 Å². The molecule has 0 aliphatic rings. The van der Waals surface area contributed by atoms with E-state index in [4.69, 9.17) is 11.6 Å². The van der Waals surface area contributed by atoms with Crippen LogP contribution < -0.4 is 0 Å². The van der Waals surface area contributed by atoms with Crippen molar-refractivity contribution in [2.24, 2.45) is 0 Å². The van der Waals surface area contributed by atoms with Gasteiger partial charge in [-0.05, 0) is 25.3 Å². The normalized spacial score (nSPS) is 14.6. The SMILES string of the molecule is CCC(Cl)(CCC=O)c1ccc(C)cc1. The molecule has 0 aromatic heterocycles. The van der Waals surface area contributed by atoms with Crippen molar-refractivity contribution in [1.82, 2.24) is 0 Å². The predicted octanol–water partition coefficient (Wildman–Crippen LogP) is 3.82. The third-order valence-electron chi connectivity index (χ3n) is 2.79. The summed E-state index contributed by atoms with van der Waals surface area (Å²) in [4.78, 5) is 10.0. The van der Waals surface area contributed by atoms with Gasteiger partial charge in [0.05, 0.1) is 4.87 Å². The minimum Gasteiger partial charge on any atom is -0.303 e. The Morgan fingerprint density at radius 2 is 1.93 bits per heavy atom. The molecule has 1 rings (SSSR count). The van der Waals surface area contributed by atoms with Crippen molar-refractivity contribution in [3.63, 3.8) is 0 Å². The van der Waals surface area contributed by atoms with Crippen LogP contribution in [0, 0.1) is 6.92 Å². The van der Waals surface area contributed by atoms with E-state index in [1.165, 1.54) is 5.56 Å². The molecule has 0 radical (unpaired) electrons. The van der Waals surface area contributed by atoms with Crippen LogP contribution in [0.3, 0.4) is 0 Å². The molecule has 1 aromatic rings. The van der Waals surface area contributed by atoms with Crippen LogP contribution in [0.2, 0.25) is 0 Å². The van der Waals surface area contributed by atoms with E-state index in [-0.39, 0.29) is 4.87 Å². The molecule has 0 aliphatic carbocycles. The number of aryl methyl sites for hydroxylation is 1. The van der Waals surface area contributed by atoms with E-state index in [2.05, 4.69) is 38.1 Å². The second-order valence-electron chi connectivity index (χ2n) is 3.89. The van der Waals surface area contributed by atoms with Gasteiger partial charge in [0.2, 0.25) is 0 Å². The second-order valence-corrected chi connectivity index (χ2v) is 4.61. The number of alkyl halides is 1. The Hall–Kier alpha value is -0.820. The molecule has 1 aromatic carbocycles. The van der Waals surface area contributed by atoms with Crippen LogP contribution >= 0.6 is 11.6 Å². The monoisotopic (exact) mass is 224 g/mol. The van der Waals surface area contributed by atoms with E-state index in [0.717, 1.165) is 18.3 Å². The van der Waals surface area contributed by atoms with Gasteiger partial charge in [0.25, 0.3) is 0 Å². The largest absolute Gasteiger partial charge is 0.303 e. The third kappa shape index (κ3) is 3.07. The molecule has 0 fully saturated rings. The minimum atomic E-state index is -0.380. The first-order valence-corrected chi connectivity index (χ1v) is 5.70. The van der Waals surface area contributed by atoms with E-state index in [1.807, 2.05) is 0 Å². The Kier molecular flexibility index (Phi) is 4.34. The zero-order valence-corrected chi connectivity index (χ0v) is 10.1. The summed E-state index contributed by atoms with van der Waals surface area (Å²) >= 11 is 6.52. The molecule has 0 amide bonds. The summed E-state index contributed by atoms with van der Waals surface area (Å²) in [5, 5.41) is 0. The van der Waals surface area contributed by atoms with Gasteiger partial charge in [-0.2, -0.15) is 0 Å². The van der Waals surface area contributed by atoms with Crippen molar-refractivity contribution in [3.8, 4) is 0 Å². The number of hydrogen-bond donors (Lipinski definition) is 0. The highest BCUT2D eigenvalue weighted by molar-refractivity contribution is 6.24. The molecule has 15 heavy (non-hydrogen) atoms. The minimum absolute atomic E-state index is 0.380. The molecule has 0 saturated carbocycles. The number of halogens is 1. The summed E-state index contributed by atoms with van der Waals surface area (Å²) in [6, 6.07) is 8.22. The molecular weight excluding hydrogens is 208 g/mol. The van der Waals surface area contributed by atoms with Crippen LogP contribution in [-0.4, -0.2) is 6.29 Å². The van der Waals surface area contributed by atoms with Gasteiger partial charge in [-0.25, -0.2) is 0 Å². The smallest absolute Gasteiger partial charge is 0.120 e. The summed E-state index contributed by atoms with van der Waals surface area (Å²) in [6.07, 6.45) is 3.00. The highest BCUT2D eigenvalue weighted by Gasteiger charge is 2.26. The Morgan fingerprint density at radius 1 is 1.33 bits per heavy atom. The van der Waals surface area contributed by atoms with Gasteiger partial charge in [-0.3, -0.25) is 0 Å². The first-order chi connectivity index (χ1) is 7.12. The maximum Gasteiger partial charge on any atom is 0.120 e. The van der Waals surface area contributed by atoms with E-state index in [1.54, 1.807) is 0 Å². The van der Waals surface area contributed by atoms with Crippen molar-refractivity contribution in [3.05, 3.63) is 35.4 Å². The van der Waals surface area contributed by atoms with Crippen LogP contribution in [-0.2, 0) is 9.67 Å². The second kappa shape index (κ2) is 5.32. The van der Waals surface area contributed by atoms with E-state index in [0.29, 0.717) is 12.8 Å². The van der Waals surface area contributed by atoms with Gasteiger partial charge in [0.1, 0.15) is 6.29 Å². The lowest BCUT2D eigenvalue weighted by Crippen LogP contribution is -2.17. The molecule has 0 aliphatic heterocycles. The van der Waals surface area contributed by atoms with Crippen molar-refractivity contribution in [1.29, 1.82) is 0 Å². The first-order valence-electron chi connectivity index (χ1n) is 5.32. The Balaban J connectivity index is 2.89. The maximum atomic E-state index is 10.4. The molecule has 0 spiro atoms. The summed E-state index contributed by atoms with van der Waals surface area (Å²) in [6.45, 7) is 4.11. The first kappa shape index (κ1) is 12.3. The highest BCUT2D eigenvalue weighted by atomic mass is 35.5. The average Bonchev–Trinajstić information content (AvgIpc) is 2.27. The highest BCUT2D eigenvalue weighted by Crippen LogP contribution is 2.37. The topological polar surface area (TPSA) is 17.1 Å². The van der Waals surface area contributed by atoms with Gasteiger partial charge in [-0.15, -0.1) is 11.6 Å². The van der Waals surface area contributed by atoms with Gasteiger partial charge >= 0.3 is 0 Å². The molecule has 0 saturated heterocycles. The van der Waals surface area contributed by atoms with Crippen LogP contribution in [0.25, 0.3) is 0 Å². The van der Waals surface area contributed by atoms with Crippen LogP contribution in [0.4, 0.5) is 0 Å². The quantitative estimate of drug-likeness (QED) is 0.549. The van der Waals surface area contributed by atoms with E-state index in [9.17, 15) is 4.79 Å². The van der Waals surface area contributed by atoms with Crippen LogP contribution in [0.1, 0.15) is 37.3 Å². The summed E-state index contributed by atoms with van der Waals surface area (Å²) < 4.78 is 0. The van der Waals surface area contributed by atoms with Gasteiger partial charge < -0.3 is 4.79 Å². The lowest BCUT2D eigenvalue weighted by atomic mass is 9.90. The number of benzene rings is 1. The van der Waals surface area contributed by atoms with Crippen molar-refractivity contribution in [2.75, 3.05) is 0 Å². The molecule has 0 N–H and O–H groups in total. The summed E-state index contributed by atoms with van der Waals surface area (Å²) in [5.41, 5.74) is 2.34. The van der Waals surface area contributed by atoms with E-state index < -0.39 is 0 Å². The molecule has 0 bridgehead atoms. The van der Waals surface area contributed by atoms with Gasteiger partial charge in [-0.1, -0.05) is 36.8 Å². The third-order valence-corrected chi connectivity index (χ3v) is 3.46. The lowest BCUT2D eigenvalue weighted by molar-refractivity contribution is -0.108. The Morgan fingerprint density at radius 3 is 2.40 bits per heavy atom. The van der Waals surface area contributed by atoms with Crippen LogP contribution in [0.5, 0.6) is 0 Å². The average molecular weight is 225 g/mol. The van der Waals surface area contributed by atoms with Crippen molar-refractivity contribution in [2.45, 2.75) is 38.0 Å². The number of hydrogen-bond acceptors (Lipinski definition) is 1.